The van der Waals surface area contributed by atoms with Crippen molar-refractivity contribution < 1.29 is 23.0 Å². The zero-order chi connectivity index (χ0) is 13.8. The van der Waals surface area contributed by atoms with Gasteiger partial charge in [-0.05, 0) is 37.6 Å². The minimum atomic E-state index is -4.77. The number of nitrogens with two attached hydrogens (primary N) is 2. The van der Waals surface area contributed by atoms with Crippen LogP contribution in [0.5, 0.6) is 11.5 Å². The van der Waals surface area contributed by atoms with Crippen molar-refractivity contribution in [1.29, 1.82) is 0 Å². The van der Waals surface area contributed by atoms with Gasteiger partial charge in [0.25, 0.3) is 0 Å². The van der Waals surface area contributed by atoms with E-state index >= 15 is 0 Å². The van der Waals surface area contributed by atoms with Gasteiger partial charge in [0.1, 0.15) is 11.5 Å². The van der Waals surface area contributed by atoms with Gasteiger partial charge in [-0.3, -0.25) is 0 Å². The number of benzene rings is 1. The first-order valence-electron chi connectivity index (χ1n) is 5.38. The predicted octanol–water partition coefficient (Wildman–Crippen LogP) is 2.03. The number of ether oxygens (including phenoxy) is 1. The lowest BCUT2D eigenvalue weighted by atomic mass is 10.0. The quantitative estimate of drug-likeness (QED) is 0.760. The zero-order valence-corrected chi connectivity index (χ0v) is 9.57. The average Bonchev–Trinajstić information content (AvgIpc) is 2.26. The largest absolute Gasteiger partial charge is 0.573 e. The molecule has 0 saturated heterocycles. The second-order valence-corrected chi connectivity index (χ2v) is 3.81. The molecule has 0 fully saturated rings. The minimum Gasteiger partial charge on any atom is -0.508 e. The fraction of sp³-hybridized carbons (Fsp3) is 0.455. The summed E-state index contributed by atoms with van der Waals surface area (Å²) in [4.78, 5) is 0. The minimum absolute atomic E-state index is 0.158. The highest BCUT2D eigenvalue weighted by molar-refractivity contribution is 5.41. The van der Waals surface area contributed by atoms with Crippen molar-refractivity contribution in [2.75, 3.05) is 6.54 Å². The molecule has 0 amide bonds. The molecule has 18 heavy (non-hydrogen) atoms. The van der Waals surface area contributed by atoms with E-state index in [4.69, 9.17) is 11.5 Å². The summed E-state index contributed by atoms with van der Waals surface area (Å²) in [7, 11) is 0. The van der Waals surface area contributed by atoms with Crippen molar-refractivity contribution >= 4 is 0 Å². The molecule has 0 aliphatic rings. The van der Waals surface area contributed by atoms with Gasteiger partial charge in [-0.25, -0.2) is 0 Å². The number of halogens is 3. The molecule has 7 heteroatoms. The lowest BCUT2D eigenvalue weighted by Gasteiger charge is -2.15. The third kappa shape index (κ3) is 4.42. The summed E-state index contributed by atoms with van der Waals surface area (Å²) in [5.74, 6) is -0.562. The van der Waals surface area contributed by atoms with E-state index in [2.05, 4.69) is 4.74 Å². The molecule has 1 aromatic rings. The van der Waals surface area contributed by atoms with E-state index in [0.29, 0.717) is 19.4 Å². The molecule has 4 nitrogen and oxygen atoms in total. The fourth-order valence-electron chi connectivity index (χ4n) is 1.52. The van der Waals surface area contributed by atoms with E-state index in [1.807, 2.05) is 0 Å². The molecular weight excluding hydrogens is 249 g/mol. The van der Waals surface area contributed by atoms with Crippen LogP contribution in [0.25, 0.3) is 0 Å². The Morgan fingerprint density at radius 2 is 2.00 bits per heavy atom. The van der Waals surface area contributed by atoms with Gasteiger partial charge in [0.05, 0.1) is 0 Å². The third-order valence-electron chi connectivity index (χ3n) is 2.35. The van der Waals surface area contributed by atoms with E-state index in [-0.39, 0.29) is 11.3 Å². The molecule has 0 spiro atoms. The Bertz CT molecular complexity index is 396. The van der Waals surface area contributed by atoms with Crippen LogP contribution in [0.3, 0.4) is 0 Å². The molecule has 1 aromatic carbocycles. The molecular formula is C11H15F3N2O2. The molecule has 0 radical (unpaired) electrons. The van der Waals surface area contributed by atoms with Gasteiger partial charge in [-0.15, -0.1) is 13.2 Å². The Hall–Kier alpha value is -1.47. The molecule has 0 unspecified atom stereocenters. The van der Waals surface area contributed by atoms with Crippen molar-refractivity contribution in [3.8, 4) is 11.5 Å². The van der Waals surface area contributed by atoms with Crippen LogP contribution in [0.4, 0.5) is 13.2 Å². The maximum Gasteiger partial charge on any atom is 0.573 e. The smallest absolute Gasteiger partial charge is 0.508 e. The third-order valence-corrected chi connectivity index (χ3v) is 2.35. The Labute approximate surface area is 102 Å². The van der Waals surface area contributed by atoms with Crippen LogP contribution in [0.15, 0.2) is 18.2 Å². The second kappa shape index (κ2) is 5.92. The number of alkyl halides is 3. The van der Waals surface area contributed by atoms with E-state index in [1.54, 1.807) is 0 Å². The van der Waals surface area contributed by atoms with Gasteiger partial charge in [0.15, 0.2) is 0 Å². The number of rotatable bonds is 5. The second-order valence-electron chi connectivity index (χ2n) is 3.81. The monoisotopic (exact) mass is 264 g/mol. The Balaban J connectivity index is 2.87. The Kier molecular flexibility index (Phi) is 4.80. The molecule has 0 bridgehead atoms. The molecule has 0 saturated carbocycles. The highest BCUT2D eigenvalue weighted by Crippen LogP contribution is 2.31. The molecule has 0 aromatic heterocycles. The van der Waals surface area contributed by atoms with Crippen LogP contribution in [-0.4, -0.2) is 18.0 Å². The Morgan fingerprint density at radius 1 is 1.33 bits per heavy atom. The summed E-state index contributed by atoms with van der Waals surface area (Å²) >= 11 is 0. The molecule has 0 aliphatic carbocycles. The lowest BCUT2D eigenvalue weighted by Crippen LogP contribution is -2.18. The van der Waals surface area contributed by atoms with Crippen molar-refractivity contribution in [2.24, 2.45) is 11.5 Å². The number of phenolic OH excluding ortho intramolecular Hbond substituents is 1. The highest BCUT2D eigenvalue weighted by atomic mass is 19.4. The van der Waals surface area contributed by atoms with E-state index < -0.39 is 18.2 Å². The summed E-state index contributed by atoms with van der Waals surface area (Å²) in [6.45, 7) is 0.424. The zero-order valence-electron chi connectivity index (χ0n) is 9.57. The predicted molar refractivity (Wildman–Crippen MR) is 60.0 cm³/mol. The van der Waals surface area contributed by atoms with Crippen LogP contribution in [0.1, 0.15) is 24.4 Å². The van der Waals surface area contributed by atoms with Crippen molar-refractivity contribution in [3.05, 3.63) is 23.8 Å². The Morgan fingerprint density at radius 3 is 2.56 bits per heavy atom. The molecule has 0 aliphatic heterocycles. The first kappa shape index (κ1) is 14.6. The van der Waals surface area contributed by atoms with Gasteiger partial charge in [-0.2, -0.15) is 0 Å². The summed E-state index contributed by atoms with van der Waals surface area (Å²) in [5, 5.41) is 9.55. The number of aromatic hydroxyl groups is 1. The summed E-state index contributed by atoms with van der Waals surface area (Å²) in [6, 6.07) is 2.66. The molecule has 102 valence electrons. The standard InChI is InChI=1S/C11H15F3N2O2/c12-11(13,14)18-7-3-4-10(17)8(6-7)9(16)2-1-5-15/h3-4,6,9,17H,1-2,5,15-16H2/t9-/m1/s1. The van der Waals surface area contributed by atoms with Gasteiger partial charge in [0.2, 0.25) is 0 Å². The van der Waals surface area contributed by atoms with Crippen LogP contribution >= 0.6 is 0 Å². The van der Waals surface area contributed by atoms with Gasteiger partial charge < -0.3 is 21.3 Å². The van der Waals surface area contributed by atoms with Gasteiger partial charge >= 0.3 is 6.36 Å². The van der Waals surface area contributed by atoms with Gasteiger partial charge in [0, 0.05) is 11.6 Å². The van der Waals surface area contributed by atoms with Crippen LogP contribution < -0.4 is 16.2 Å². The van der Waals surface area contributed by atoms with E-state index in [9.17, 15) is 18.3 Å². The van der Waals surface area contributed by atoms with Crippen molar-refractivity contribution in [2.45, 2.75) is 25.2 Å². The SMILES string of the molecule is NCCC[C@@H](N)c1cc(OC(F)(F)F)ccc1O. The van der Waals surface area contributed by atoms with E-state index in [0.717, 1.165) is 18.2 Å². The molecule has 0 heterocycles. The normalized spacial score (nSPS) is 13.4. The van der Waals surface area contributed by atoms with Crippen LogP contribution in [0.2, 0.25) is 0 Å². The maximum absolute atomic E-state index is 12.0. The average molecular weight is 264 g/mol. The lowest BCUT2D eigenvalue weighted by molar-refractivity contribution is -0.274. The van der Waals surface area contributed by atoms with Crippen LogP contribution in [-0.2, 0) is 0 Å². The topological polar surface area (TPSA) is 81.5 Å². The molecule has 1 atom stereocenters. The molecule has 1 rings (SSSR count). The summed E-state index contributed by atoms with van der Waals surface area (Å²) in [6.07, 6.45) is -3.68. The number of phenols is 1. The number of hydrogen-bond acceptors (Lipinski definition) is 4. The summed E-state index contributed by atoms with van der Waals surface area (Å²) in [5.41, 5.74) is 11.3. The van der Waals surface area contributed by atoms with Crippen molar-refractivity contribution in [3.63, 3.8) is 0 Å². The number of hydrogen-bond donors (Lipinski definition) is 3. The van der Waals surface area contributed by atoms with Crippen LogP contribution in [0, 0.1) is 0 Å². The molecule has 5 N–H and O–H groups in total. The fourth-order valence-corrected chi connectivity index (χ4v) is 1.52. The maximum atomic E-state index is 12.0. The highest BCUT2D eigenvalue weighted by Gasteiger charge is 2.31. The van der Waals surface area contributed by atoms with E-state index in [1.165, 1.54) is 0 Å². The first-order valence-corrected chi connectivity index (χ1v) is 5.38. The first-order chi connectivity index (χ1) is 8.33. The van der Waals surface area contributed by atoms with Crippen molar-refractivity contribution in [1.82, 2.24) is 0 Å². The van der Waals surface area contributed by atoms with Gasteiger partial charge in [-0.1, -0.05) is 0 Å². The summed E-state index contributed by atoms with van der Waals surface area (Å²) < 4.78 is 39.9.